The third kappa shape index (κ3) is 4.21. The van der Waals surface area contributed by atoms with E-state index >= 15 is 0 Å². The number of fused-ring (bicyclic) bond motifs is 1. The van der Waals surface area contributed by atoms with Crippen LogP contribution in [0.1, 0.15) is 5.56 Å². The van der Waals surface area contributed by atoms with E-state index in [1.165, 1.54) is 18.0 Å². The van der Waals surface area contributed by atoms with Crippen LogP contribution in [0.5, 0.6) is 11.5 Å². The Balaban J connectivity index is 1.64. The van der Waals surface area contributed by atoms with E-state index < -0.39 is 9.71 Å². The molecule has 0 saturated heterocycles. The Labute approximate surface area is 162 Å². The average molecular weight is 397 g/mol. The number of aromatic nitrogens is 3. The van der Waals surface area contributed by atoms with Crippen LogP contribution < -0.4 is 19.9 Å². The van der Waals surface area contributed by atoms with Crippen LogP contribution in [0.25, 0.3) is 11.4 Å². The topological polar surface area (TPSA) is 112 Å². The molecule has 4 rings (SSSR count). The molecule has 8 nitrogen and oxygen atoms in total. The molecule has 0 bridgehead atoms. The summed E-state index contributed by atoms with van der Waals surface area (Å²) < 4.78 is 23.1. The summed E-state index contributed by atoms with van der Waals surface area (Å²) in [5, 5.41) is 10.3. The van der Waals surface area contributed by atoms with Crippen molar-refractivity contribution >= 4 is 26.7 Å². The molecule has 0 radical (unpaired) electrons. The number of nitrogens with zero attached hydrogens (tertiary/aromatic N) is 3. The van der Waals surface area contributed by atoms with Crippen LogP contribution in [0.2, 0.25) is 0 Å². The Morgan fingerprint density at radius 2 is 1.96 bits per heavy atom. The van der Waals surface area contributed by atoms with Crippen molar-refractivity contribution in [2.24, 2.45) is 5.14 Å². The molecule has 144 valence electrons. The molecule has 28 heavy (non-hydrogen) atoms. The summed E-state index contributed by atoms with van der Waals surface area (Å²) in [6, 6.07) is 12.9. The van der Waals surface area contributed by atoms with Gasteiger partial charge in [0, 0.05) is 27.0 Å². The third-order valence-electron chi connectivity index (χ3n) is 3.89. The van der Waals surface area contributed by atoms with E-state index in [1.54, 1.807) is 0 Å². The molecule has 0 spiro atoms. The number of ether oxygens (including phenoxy) is 2. The van der Waals surface area contributed by atoms with Crippen LogP contribution in [0.4, 0.5) is 11.6 Å². The summed E-state index contributed by atoms with van der Waals surface area (Å²) in [6.07, 6.45) is 2.92. The van der Waals surface area contributed by atoms with Gasteiger partial charge in [0.05, 0.1) is 5.56 Å². The van der Waals surface area contributed by atoms with Gasteiger partial charge in [0.25, 0.3) is 0 Å². The van der Waals surface area contributed by atoms with Gasteiger partial charge in [0.2, 0.25) is 5.95 Å². The predicted molar refractivity (Wildman–Crippen MR) is 109 cm³/mol. The summed E-state index contributed by atoms with van der Waals surface area (Å²) in [5.41, 5.74) is 2.22. The van der Waals surface area contributed by atoms with Crippen molar-refractivity contribution in [3.8, 4) is 22.9 Å². The maximum absolute atomic E-state index is 11.8. The Morgan fingerprint density at radius 1 is 1.14 bits per heavy atom. The molecular formula is C19H19N5O3S. The molecule has 1 aliphatic heterocycles. The van der Waals surface area contributed by atoms with E-state index in [-0.39, 0.29) is 0 Å². The molecule has 2 heterocycles. The monoisotopic (exact) mass is 397 g/mol. The van der Waals surface area contributed by atoms with Gasteiger partial charge in [0.15, 0.2) is 17.3 Å². The SMILES string of the molecule is CS(N)(=O)=Cc1cccc(Nc2ncnc(-c3cccc4c3OCCO4)n2)c1. The lowest BCUT2D eigenvalue weighted by Crippen LogP contribution is -2.16. The van der Waals surface area contributed by atoms with E-state index in [4.69, 9.17) is 14.6 Å². The van der Waals surface area contributed by atoms with Gasteiger partial charge in [-0.3, -0.25) is 9.35 Å². The molecule has 1 aromatic heterocycles. The summed E-state index contributed by atoms with van der Waals surface area (Å²) in [6.45, 7) is 0.992. The normalized spacial score (nSPS) is 14.8. The van der Waals surface area contributed by atoms with E-state index in [9.17, 15) is 4.21 Å². The molecule has 1 atom stereocenters. The second-order valence-corrected chi connectivity index (χ2v) is 8.47. The van der Waals surface area contributed by atoms with Gasteiger partial charge in [-0.25, -0.2) is 9.97 Å². The minimum Gasteiger partial charge on any atom is -0.486 e. The van der Waals surface area contributed by atoms with Crippen LogP contribution in [-0.2, 0) is 9.71 Å². The van der Waals surface area contributed by atoms with Gasteiger partial charge in [0.1, 0.15) is 19.5 Å². The number of anilines is 2. The Bertz CT molecular complexity index is 1130. The minimum absolute atomic E-state index is 0.376. The van der Waals surface area contributed by atoms with Crippen molar-refractivity contribution in [1.82, 2.24) is 15.0 Å². The lowest BCUT2D eigenvalue weighted by atomic mass is 10.1. The summed E-state index contributed by atoms with van der Waals surface area (Å²) in [5.74, 6) is 2.15. The summed E-state index contributed by atoms with van der Waals surface area (Å²) >= 11 is 0. The van der Waals surface area contributed by atoms with Crippen LogP contribution in [-0.4, -0.2) is 44.0 Å². The number of nitrogens with one attached hydrogen (secondary N) is 1. The van der Waals surface area contributed by atoms with Crippen molar-refractivity contribution < 1.29 is 13.7 Å². The highest BCUT2D eigenvalue weighted by Crippen LogP contribution is 2.38. The first-order valence-corrected chi connectivity index (χ1v) is 10.6. The first-order valence-electron chi connectivity index (χ1n) is 8.55. The number of benzene rings is 2. The average Bonchev–Trinajstić information content (AvgIpc) is 2.67. The van der Waals surface area contributed by atoms with Gasteiger partial charge in [-0.05, 0) is 29.8 Å². The van der Waals surface area contributed by atoms with Crippen LogP contribution in [0, 0.1) is 0 Å². The van der Waals surface area contributed by atoms with Gasteiger partial charge in [-0.1, -0.05) is 18.2 Å². The first-order chi connectivity index (χ1) is 13.5. The smallest absolute Gasteiger partial charge is 0.230 e. The zero-order chi connectivity index (χ0) is 19.6. The Kier molecular flexibility index (Phi) is 4.84. The summed E-state index contributed by atoms with van der Waals surface area (Å²) in [7, 11) is -2.49. The number of rotatable bonds is 4. The zero-order valence-corrected chi connectivity index (χ0v) is 16.0. The molecule has 9 heteroatoms. The van der Waals surface area contributed by atoms with Crippen molar-refractivity contribution in [2.45, 2.75) is 0 Å². The first kappa shape index (κ1) is 18.2. The highest BCUT2D eigenvalue weighted by atomic mass is 32.2. The standard InChI is InChI=1S/C19H19N5O3S/c1-28(20,25)11-13-4-2-5-14(10-13)23-19-22-12-21-18(24-19)15-6-3-7-16-17(15)27-9-8-26-16/h2-7,10-12H,8-9H2,1H3,(H2,20,25)(H,21,22,23,24). The predicted octanol–water partition coefficient (Wildman–Crippen LogP) is 1.99. The van der Waals surface area contributed by atoms with Crippen molar-refractivity contribution in [3.05, 3.63) is 54.4 Å². The van der Waals surface area contributed by atoms with E-state index in [1.807, 2.05) is 42.5 Å². The molecule has 1 unspecified atom stereocenters. The molecule has 3 aromatic rings. The fourth-order valence-electron chi connectivity index (χ4n) is 2.83. The lowest BCUT2D eigenvalue weighted by Gasteiger charge is -2.20. The minimum atomic E-state index is -2.49. The van der Waals surface area contributed by atoms with Crippen LogP contribution >= 0.6 is 0 Å². The molecular weight excluding hydrogens is 378 g/mol. The van der Waals surface area contributed by atoms with E-state index in [2.05, 4.69) is 20.3 Å². The molecule has 3 N–H and O–H groups in total. The number of para-hydroxylation sites is 1. The number of hydrogen-bond acceptors (Lipinski definition) is 7. The highest BCUT2D eigenvalue weighted by molar-refractivity contribution is 7.98. The van der Waals surface area contributed by atoms with Crippen LogP contribution in [0.3, 0.4) is 0 Å². The van der Waals surface area contributed by atoms with Crippen molar-refractivity contribution in [3.63, 3.8) is 0 Å². The molecule has 0 fully saturated rings. The van der Waals surface area contributed by atoms with Gasteiger partial charge in [-0.2, -0.15) is 4.98 Å². The highest BCUT2D eigenvalue weighted by Gasteiger charge is 2.18. The second kappa shape index (κ2) is 7.45. The van der Waals surface area contributed by atoms with Gasteiger partial charge < -0.3 is 14.8 Å². The maximum atomic E-state index is 11.8. The van der Waals surface area contributed by atoms with Crippen molar-refractivity contribution in [2.75, 3.05) is 24.8 Å². The summed E-state index contributed by atoms with van der Waals surface area (Å²) in [4.78, 5) is 12.9. The van der Waals surface area contributed by atoms with E-state index in [0.29, 0.717) is 36.5 Å². The molecule has 0 aliphatic carbocycles. The zero-order valence-electron chi connectivity index (χ0n) is 15.2. The van der Waals surface area contributed by atoms with Crippen LogP contribution in [0.15, 0.2) is 48.8 Å². The molecule has 2 aromatic carbocycles. The number of nitrogens with two attached hydrogens (primary N) is 1. The van der Waals surface area contributed by atoms with E-state index in [0.717, 1.165) is 16.8 Å². The fourth-order valence-corrected chi connectivity index (χ4v) is 3.51. The Morgan fingerprint density at radius 3 is 2.82 bits per heavy atom. The number of hydrogen-bond donors (Lipinski definition) is 2. The molecule has 0 saturated carbocycles. The quantitative estimate of drug-likeness (QED) is 0.648. The van der Waals surface area contributed by atoms with Gasteiger partial charge in [-0.15, -0.1) is 0 Å². The maximum Gasteiger partial charge on any atom is 0.230 e. The Hall–Kier alpha value is -3.17. The second-order valence-electron chi connectivity index (χ2n) is 6.30. The van der Waals surface area contributed by atoms with Crippen molar-refractivity contribution in [1.29, 1.82) is 0 Å². The third-order valence-corrected chi connectivity index (χ3v) is 4.63. The lowest BCUT2D eigenvalue weighted by molar-refractivity contribution is 0.172. The molecule has 1 aliphatic rings. The molecule has 0 amide bonds. The fraction of sp³-hybridized carbons (Fsp3) is 0.158. The largest absolute Gasteiger partial charge is 0.486 e. The van der Waals surface area contributed by atoms with Gasteiger partial charge >= 0.3 is 0 Å².